The van der Waals surface area contributed by atoms with Crippen LogP contribution in [-0.2, 0) is 21.3 Å². The summed E-state index contributed by atoms with van der Waals surface area (Å²) in [5, 5.41) is 19.0. The Hall–Kier alpha value is -3.86. The van der Waals surface area contributed by atoms with Gasteiger partial charge in [0, 0.05) is 18.8 Å². The van der Waals surface area contributed by atoms with Crippen LogP contribution in [0.5, 0.6) is 0 Å². The number of esters is 1. The van der Waals surface area contributed by atoms with Crippen molar-refractivity contribution < 1.29 is 14.3 Å². The maximum atomic E-state index is 12.2. The number of hydrogen-bond acceptors (Lipinski definition) is 6. The third-order valence-corrected chi connectivity index (χ3v) is 4.95. The second-order valence-corrected chi connectivity index (χ2v) is 8.42. The second kappa shape index (κ2) is 9.10. The Morgan fingerprint density at radius 1 is 1.09 bits per heavy atom. The SMILES string of the molecule is Cc1nn(C)c(/C(OCOC(=O)C(C)(C)C)=C(\C#N)c2ccn(-c3ccccc3)n2)c1C. The molecule has 0 amide bonds. The van der Waals surface area contributed by atoms with E-state index in [4.69, 9.17) is 9.47 Å². The van der Waals surface area contributed by atoms with Gasteiger partial charge >= 0.3 is 5.97 Å². The molecular formula is C24H27N5O3. The maximum absolute atomic E-state index is 12.2. The van der Waals surface area contributed by atoms with Crippen molar-refractivity contribution in [2.45, 2.75) is 34.6 Å². The van der Waals surface area contributed by atoms with Crippen LogP contribution >= 0.6 is 0 Å². The van der Waals surface area contributed by atoms with E-state index in [2.05, 4.69) is 16.3 Å². The molecule has 2 heterocycles. The van der Waals surface area contributed by atoms with Crippen molar-refractivity contribution in [1.29, 1.82) is 5.26 Å². The number of aromatic nitrogens is 4. The minimum Gasteiger partial charge on any atom is -0.454 e. The van der Waals surface area contributed by atoms with Crippen LogP contribution in [-0.4, -0.2) is 32.3 Å². The molecule has 166 valence electrons. The van der Waals surface area contributed by atoms with E-state index >= 15 is 0 Å². The maximum Gasteiger partial charge on any atom is 0.314 e. The summed E-state index contributed by atoms with van der Waals surface area (Å²) < 4.78 is 14.5. The molecule has 0 aliphatic rings. The fourth-order valence-corrected chi connectivity index (χ4v) is 3.10. The average molecular weight is 434 g/mol. The molecule has 1 aromatic carbocycles. The molecule has 2 aromatic heterocycles. The van der Waals surface area contributed by atoms with E-state index in [9.17, 15) is 10.1 Å². The Balaban J connectivity index is 2.05. The summed E-state index contributed by atoms with van der Waals surface area (Å²) in [5.41, 5.74) is 3.15. The highest BCUT2D eigenvalue weighted by Gasteiger charge is 2.25. The molecular weight excluding hydrogens is 406 g/mol. The van der Waals surface area contributed by atoms with Gasteiger partial charge in [-0.1, -0.05) is 18.2 Å². The zero-order valence-corrected chi connectivity index (χ0v) is 19.2. The molecule has 0 aliphatic carbocycles. The fourth-order valence-electron chi connectivity index (χ4n) is 3.10. The van der Waals surface area contributed by atoms with E-state index in [-0.39, 0.29) is 18.1 Å². The first-order chi connectivity index (χ1) is 15.1. The van der Waals surface area contributed by atoms with Crippen LogP contribution in [0, 0.1) is 30.6 Å². The number of nitrogens with zero attached hydrogens (tertiary/aromatic N) is 5. The van der Waals surface area contributed by atoms with Crippen molar-refractivity contribution in [3.8, 4) is 11.8 Å². The van der Waals surface area contributed by atoms with Gasteiger partial charge in [-0.15, -0.1) is 0 Å². The predicted octanol–water partition coefficient (Wildman–Crippen LogP) is 4.18. The first kappa shape index (κ1) is 22.8. The van der Waals surface area contributed by atoms with Crippen LogP contribution in [0.4, 0.5) is 0 Å². The van der Waals surface area contributed by atoms with Gasteiger partial charge in [-0.25, -0.2) is 4.68 Å². The van der Waals surface area contributed by atoms with E-state index in [0.717, 1.165) is 16.9 Å². The molecule has 0 saturated carbocycles. The molecule has 0 atom stereocenters. The van der Waals surface area contributed by atoms with Gasteiger partial charge in [0.25, 0.3) is 0 Å². The third-order valence-electron chi connectivity index (χ3n) is 4.95. The largest absolute Gasteiger partial charge is 0.454 e. The number of hydrogen-bond donors (Lipinski definition) is 0. The van der Waals surface area contributed by atoms with Gasteiger partial charge in [0.2, 0.25) is 6.79 Å². The standard InChI is InChI=1S/C24H27N5O3/c1-16-17(2)26-28(6)21(16)22(31-15-32-23(30)24(3,4)5)19(14-25)20-12-13-29(27-20)18-10-8-7-9-11-18/h7-13H,15H2,1-6H3/b22-19-. The summed E-state index contributed by atoms with van der Waals surface area (Å²) in [6.45, 7) is 8.73. The summed E-state index contributed by atoms with van der Waals surface area (Å²) in [6, 6.07) is 13.6. The first-order valence-corrected chi connectivity index (χ1v) is 10.2. The van der Waals surface area contributed by atoms with E-state index in [1.54, 1.807) is 49.4 Å². The highest BCUT2D eigenvalue weighted by Crippen LogP contribution is 2.30. The van der Waals surface area contributed by atoms with Crippen molar-refractivity contribution in [2.75, 3.05) is 6.79 Å². The van der Waals surface area contributed by atoms with Crippen molar-refractivity contribution in [2.24, 2.45) is 12.5 Å². The summed E-state index contributed by atoms with van der Waals surface area (Å²) in [5.74, 6) is -0.144. The van der Waals surface area contributed by atoms with E-state index < -0.39 is 11.4 Å². The summed E-state index contributed by atoms with van der Waals surface area (Å²) in [4.78, 5) is 12.2. The summed E-state index contributed by atoms with van der Waals surface area (Å²) in [7, 11) is 1.78. The van der Waals surface area contributed by atoms with Gasteiger partial charge in [-0.05, 0) is 52.8 Å². The molecule has 0 bridgehead atoms. The van der Waals surface area contributed by atoms with Crippen LogP contribution in [0.15, 0.2) is 42.6 Å². The van der Waals surface area contributed by atoms with Crippen molar-refractivity contribution in [1.82, 2.24) is 19.6 Å². The van der Waals surface area contributed by atoms with Gasteiger partial charge in [-0.2, -0.15) is 15.5 Å². The molecule has 0 radical (unpaired) electrons. The lowest BCUT2D eigenvalue weighted by Gasteiger charge is -2.18. The van der Waals surface area contributed by atoms with Crippen LogP contribution in [0.2, 0.25) is 0 Å². The van der Waals surface area contributed by atoms with Gasteiger partial charge in [0.15, 0.2) is 5.76 Å². The number of aryl methyl sites for hydroxylation is 2. The van der Waals surface area contributed by atoms with Crippen LogP contribution in [0.25, 0.3) is 17.0 Å². The minimum absolute atomic E-state index is 0.220. The molecule has 0 N–H and O–H groups in total. The monoisotopic (exact) mass is 433 g/mol. The lowest BCUT2D eigenvalue weighted by molar-refractivity contribution is -0.161. The Morgan fingerprint density at radius 3 is 2.34 bits per heavy atom. The number of benzene rings is 1. The smallest absolute Gasteiger partial charge is 0.314 e. The highest BCUT2D eigenvalue weighted by atomic mass is 16.7. The number of nitriles is 1. The number of rotatable bonds is 6. The molecule has 0 saturated heterocycles. The molecule has 0 spiro atoms. The molecule has 3 rings (SSSR count). The van der Waals surface area contributed by atoms with Gasteiger partial charge in [0.1, 0.15) is 23.0 Å². The van der Waals surface area contributed by atoms with Crippen molar-refractivity contribution in [3.05, 3.63) is 65.2 Å². The number of ether oxygens (including phenoxy) is 2. The Morgan fingerprint density at radius 2 is 1.78 bits per heavy atom. The average Bonchev–Trinajstić information content (AvgIpc) is 3.32. The van der Waals surface area contributed by atoms with E-state index in [0.29, 0.717) is 11.4 Å². The zero-order chi connectivity index (χ0) is 23.5. The first-order valence-electron chi connectivity index (χ1n) is 10.2. The van der Waals surface area contributed by atoms with E-state index in [1.165, 1.54) is 0 Å². The topological polar surface area (TPSA) is 95.0 Å². The number of allylic oxidation sites excluding steroid dienone is 1. The summed E-state index contributed by atoms with van der Waals surface area (Å²) >= 11 is 0. The number of carbonyl (C=O) groups is 1. The molecule has 0 aliphatic heterocycles. The molecule has 8 nitrogen and oxygen atoms in total. The molecule has 0 unspecified atom stereocenters. The lowest BCUT2D eigenvalue weighted by Crippen LogP contribution is -2.24. The van der Waals surface area contributed by atoms with E-state index in [1.807, 2.05) is 44.2 Å². The number of para-hydroxylation sites is 1. The van der Waals surface area contributed by atoms with Crippen LogP contribution in [0.3, 0.4) is 0 Å². The minimum atomic E-state index is -0.668. The quantitative estimate of drug-likeness (QED) is 0.250. The van der Waals surface area contributed by atoms with Crippen LogP contribution < -0.4 is 0 Å². The Kier molecular flexibility index (Phi) is 6.49. The summed E-state index contributed by atoms with van der Waals surface area (Å²) in [6.07, 6.45) is 1.78. The third kappa shape index (κ3) is 4.72. The van der Waals surface area contributed by atoms with Gasteiger partial charge < -0.3 is 9.47 Å². The molecule has 32 heavy (non-hydrogen) atoms. The lowest BCUT2D eigenvalue weighted by atomic mass is 9.98. The molecule has 8 heteroatoms. The molecule has 3 aromatic rings. The zero-order valence-electron chi connectivity index (χ0n) is 19.2. The normalized spacial score (nSPS) is 12.2. The highest BCUT2D eigenvalue weighted by molar-refractivity contribution is 5.93. The Bertz CT molecular complexity index is 1190. The predicted molar refractivity (Wildman–Crippen MR) is 120 cm³/mol. The van der Waals surface area contributed by atoms with Gasteiger partial charge in [0.05, 0.1) is 16.8 Å². The fraction of sp³-hybridized carbons (Fsp3) is 0.333. The Labute approximate surface area is 187 Å². The van der Waals surface area contributed by atoms with Gasteiger partial charge in [-0.3, -0.25) is 9.48 Å². The van der Waals surface area contributed by atoms with Crippen molar-refractivity contribution in [3.63, 3.8) is 0 Å². The van der Waals surface area contributed by atoms with Crippen molar-refractivity contribution >= 4 is 17.3 Å². The number of carbonyl (C=O) groups excluding carboxylic acids is 1. The molecule has 0 fully saturated rings. The second-order valence-electron chi connectivity index (χ2n) is 8.42. The van der Waals surface area contributed by atoms with Crippen LogP contribution in [0.1, 0.15) is 43.4 Å².